The first-order chi connectivity index (χ1) is 13.3. The molecule has 2 aromatic heterocycles. The first-order valence-corrected chi connectivity index (χ1v) is 9.55. The molecule has 27 heavy (non-hydrogen) atoms. The van der Waals surface area contributed by atoms with Crippen LogP contribution in [-0.2, 0) is 0 Å². The number of H-pyrrole nitrogens is 2. The lowest BCUT2D eigenvalue weighted by molar-refractivity contribution is -0.352. The molecule has 136 valence electrons. The number of aliphatic hydroxyl groups excluding tert-OH is 1. The predicted molar refractivity (Wildman–Crippen MR) is 107 cm³/mol. The van der Waals surface area contributed by atoms with Crippen LogP contribution in [0.5, 0.6) is 0 Å². The molecule has 5 heteroatoms. The lowest BCUT2D eigenvalue weighted by atomic mass is 9.97. The van der Waals surface area contributed by atoms with Gasteiger partial charge in [-0.3, -0.25) is 4.90 Å². The second kappa shape index (κ2) is 6.67. The fraction of sp³-hybridized carbons (Fsp3) is 0.273. The summed E-state index contributed by atoms with van der Waals surface area (Å²) >= 11 is 0. The molecule has 1 aliphatic heterocycles. The highest BCUT2D eigenvalue weighted by Crippen LogP contribution is 2.32. The third kappa shape index (κ3) is 3.04. The van der Waals surface area contributed by atoms with E-state index >= 15 is 0 Å². The van der Waals surface area contributed by atoms with Gasteiger partial charge in [0.2, 0.25) is 11.5 Å². The van der Waals surface area contributed by atoms with Gasteiger partial charge < -0.3 is 10.1 Å². The summed E-state index contributed by atoms with van der Waals surface area (Å²) in [5.74, 6) is 2.22. The van der Waals surface area contributed by atoms with E-state index in [1.807, 2.05) is 18.2 Å². The second-order valence-corrected chi connectivity index (χ2v) is 7.33. The SMILES string of the molecule is O[C@@H]1CCN(c2[nH+]c(-c3ccccc3)nc3[nH]c(C4C=CC=CC4)cc23)C1. The zero-order valence-electron chi connectivity index (χ0n) is 15.1. The highest BCUT2D eigenvalue weighted by molar-refractivity contribution is 5.88. The van der Waals surface area contributed by atoms with Crippen molar-refractivity contribution in [2.75, 3.05) is 18.0 Å². The number of fused-ring (bicyclic) bond motifs is 1. The van der Waals surface area contributed by atoms with Crippen molar-refractivity contribution in [3.05, 3.63) is 66.4 Å². The van der Waals surface area contributed by atoms with Gasteiger partial charge in [-0.1, -0.05) is 47.5 Å². The molecule has 3 N–H and O–H groups in total. The zero-order chi connectivity index (χ0) is 18.2. The van der Waals surface area contributed by atoms with Crippen LogP contribution in [0.3, 0.4) is 0 Å². The number of nitrogens with one attached hydrogen (secondary N) is 2. The van der Waals surface area contributed by atoms with Crippen molar-refractivity contribution < 1.29 is 10.1 Å². The number of aliphatic hydroxyl groups is 1. The molecule has 0 bridgehead atoms. The molecule has 2 aliphatic rings. The second-order valence-electron chi connectivity index (χ2n) is 7.33. The topological polar surface area (TPSA) is 66.3 Å². The number of allylic oxidation sites excluding steroid dienone is 4. The summed E-state index contributed by atoms with van der Waals surface area (Å²) in [6.07, 6.45) is 10.1. The minimum absolute atomic E-state index is 0.272. The Hall–Kier alpha value is -2.92. The van der Waals surface area contributed by atoms with Crippen molar-refractivity contribution in [3.63, 3.8) is 0 Å². The van der Waals surface area contributed by atoms with Gasteiger partial charge in [-0.25, -0.2) is 4.98 Å². The Morgan fingerprint density at radius 3 is 2.81 bits per heavy atom. The third-order valence-corrected chi connectivity index (χ3v) is 5.44. The van der Waals surface area contributed by atoms with Crippen molar-refractivity contribution in [3.8, 4) is 11.4 Å². The van der Waals surface area contributed by atoms with E-state index in [0.717, 1.165) is 47.6 Å². The Bertz CT molecular complexity index is 1020. The molecule has 1 unspecified atom stereocenters. The number of rotatable bonds is 3. The molecule has 1 saturated heterocycles. The quantitative estimate of drug-likeness (QED) is 0.755. The van der Waals surface area contributed by atoms with E-state index in [1.165, 1.54) is 5.69 Å². The molecular weight excluding hydrogens is 336 g/mol. The minimum Gasteiger partial charge on any atom is -0.390 e. The lowest BCUT2D eigenvalue weighted by Crippen LogP contribution is -2.29. The Balaban J connectivity index is 1.65. The van der Waals surface area contributed by atoms with Crippen LogP contribution in [0.2, 0.25) is 0 Å². The van der Waals surface area contributed by atoms with E-state index in [9.17, 15) is 5.11 Å². The van der Waals surface area contributed by atoms with Gasteiger partial charge in [0.25, 0.3) is 5.82 Å². The molecule has 0 spiro atoms. The maximum atomic E-state index is 10.0. The molecule has 5 rings (SSSR count). The molecule has 3 aromatic rings. The van der Waals surface area contributed by atoms with Crippen LogP contribution >= 0.6 is 0 Å². The number of hydrogen-bond acceptors (Lipinski definition) is 3. The highest BCUT2D eigenvalue weighted by atomic mass is 16.3. The maximum absolute atomic E-state index is 10.0. The number of β-amino-alcohol motifs (C(OH)–C–C–N with tert-alkyl or cyclic N) is 1. The van der Waals surface area contributed by atoms with Gasteiger partial charge in [-0.15, -0.1) is 0 Å². The number of hydrogen-bond donors (Lipinski definition) is 2. The van der Waals surface area contributed by atoms with Crippen LogP contribution in [0.1, 0.15) is 24.5 Å². The summed E-state index contributed by atoms with van der Waals surface area (Å²) < 4.78 is 0. The molecule has 0 radical (unpaired) electrons. The molecule has 2 atom stereocenters. The summed E-state index contributed by atoms with van der Waals surface area (Å²) in [5.41, 5.74) is 3.12. The van der Waals surface area contributed by atoms with Crippen LogP contribution in [-0.4, -0.2) is 34.3 Å². The number of anilines is 1. The summed E-state index contributed by atoms with van der Waals surface area (Å²) in [4.78, 5) is 14.2. The van der Waals surface area contributed by atoms with E-state index in [1.54, 1.807) is 0 Å². The lowest BCUT2D eigenvalue weighted by Gasteiger charge is -2.12. The van der Waals surface area contributed by atoms with Crippen LogP contribution < -0.4 is 9.88 Å². The number of aromatic nitrogens is 3. The Morgan fingerprint density at radius 2 is 2.07 bits per heavy atom. The molecule has 1 fully saturated rings. The molecule has 5 nitrogen and oxygen atoms in total. The molecule has 1 aliphatic carbocycles. The molecule has 1 aromatic carbocycles. The van der Waals surface area contributed by atoms with Gasteiger partial charge in [-0.2, -0.15) is 0 Å². The van der Waals surface area contributed by atoms with E-state index in [2.05, 4.69) is 57.4 Å². The van der Waals surface area contributed by atoms with Gasteiger partial charge in [-0.05, 0) is 24.6 Å². The van der Waals surface area contributed by atoms with Crippen LogP contribution in [0.15, 0.2) is 60.7 Å². The van der Waals surface area contributed by atoms with Gasteiger partial charge in [0, 0.05) is 18.0 Å². The van der Waals surface area contributed by atoms with E-state index < -0.39 is 0 Å². The first kappa shape index (κ1) is 16.3. The monoisotopic (exact) mass is 359 g/mol. The molecule has 3 heterocycles. The Morgan fingerprint density at radius 1 is 1.19 bits per heavy atom. The average Bonchev–Trinajstić information content (AvgIpc) is 3.35. The summed E-state index contributed by atoms with van der Waals surface area (Å²) in [6, 6.07) is 12.4. The fourth-order valence-corrected chi connectivity index (χ4v) is 3.99. The minimum atomic E-state index is -0.272. The van der Waals surface area contributed by atoms with E-state index in [4.69, 9.17) is 4.98 Å². The number of aromatic amines is 2. The van der Waals surface area contributed by atoms with Gasteiger partial charge in [0.1, 0.15) is 5.39 Å². The largest absolute Gasteiger partial charge is 0.390 e. The van der Waals surface area contributed by atoms with Gasteiger partial charge in [0.05, 0.1) is 24.8 Å². The van der Waals surface area contributed by atoms with Crippen molar-refractivity contribution in [1.29, 1.82) is 0 Å². The van der Waals surface area contributed by atoms with Crippen LogP contribution in [0.25, 0.3) is 22.4 Å². The average molecular weight is 359 g/mol. The predicted octanol–water partition coefficient (Wildman–Crippen LogP) is 3.21. The Kier molecular flexibility index (Phi) is 4.02. The maximum Gasteiger partial charge on any atom is 0.270 e. The highest BCUT2D eigenvalue weighted by Gasteiger charge is 2.30. The van der Waals surface area contributed by atoms with Gasteiger partial charge in [0.15, 0.2) is 0 Å². The van der Waals surface area contributed by atoms with Crippen LogP contribution in [0, 0.1) is 0 Å². The van der Waals surface area contributed by atoms with Crippen molar-refractivity contribution in [1.82, 2.24) is 9.97 Å². The number of nitrogens with zero attached hydrogens (tertiary/aromatic N) is 2. The van der Waals surface area contributed by atoms with Crippen molar-refractivity contribution in [2.24, 2.45) is 0 Å². The van der Waals surface area contributed by atoms with Crippen molar-refractivity contribution >= 4 is 16.9 Å². The normalized spacial score (nSPS) is 22.0. The van der Waals surface area contributed by atoms with Crippen LogP contribution in [0.4, 0.5) is 5.82 Å². The Labute approximate surface area is 158 Å². The summed E-state index contributed by atoms with van der Waals surface area (Å²) in [7, 11) is 0. The van der Waals surface area contributed by atoms with Crippen molar-refractivity contribution in [2.45, 2.75) is 24.9 Å². The van der Waals surface area contributed by atoms with Gasteiger partial charge >= 0.3 is 0 Å². The molecular formula is C22H23N4O+. The number of benzene rings is 1. The van der Waals surface area contributed by atoms with E-state index in [0.29, 0.717) is 12.5 Å². The summed E-state index contributed by atoms with van der Waals surface area (Å²) in [5, 5.41) is 11.1. The fourth-order valence-electron chi connectivity index (χ4n) is 3.99. The first-order valence-electron chi connectivity index (χ1n) is 9.55. The standard InChI is InChI=1S/C22H22N4O/c27-17-11-12-26(14-17)22-18-13-19(15-7-3-1-4-8-15)23-21(18)24-20(25-22)16-9-5-2-6-10-16/h1-7,9-10,13,15,17,27H,8,11-12,14H2,(H,23,24,25)/p+1/t15?,17-/m1/s1. The van der Waals surface area contributed by atoms with E-state index in [-0.39, 0.29) is 6.10 Å². The third-order valence-electron chi connectivity index (χ3n) is 5.44. The smallest absolute Gasteiger partial charge is 0.270 e. The summed E-state index contributed by atoms with van der Waals surface area (Å²) in [6.45, 7) is 1.49. The molecule has 0 saturated carbocycles. The zero-order valence-corrected chi connectivity index (χ0v) is 15.1. The molecule has 0 amide bonds.